The Morgan fingerprint density at radius 1 is 1.28 bits per heavy atom. The second-order valence-corrected chi connectivity index (χ2v) is 6.37. The highest BCUT2D eigenvalue weighted by molar-refractivity contribution is 6.33. The van der Waals surface area contributed by atoms with Crippen LogP contribution in [0.25, 0.3) is 0 Å². The minimum atomic E-state index is 0.256. The van der Waals surface area contributed by atoms with E-state index in [0.29, 0.717) is 6.04 Å². The van der Waals surface area contributed by atoms with E-state index in [1.165, 1.54) is 25.7 Å². The van der Waals surface area contributed by atoms with Crippen LogP contribution in [0.2, 0.25) is 10.0 Å². The zero-order valence-electron chi connectivity index (χ0n) is 11.0. The first-order valence-corrected chi connectivity index (χ1v) is 7.53. The maximum atomic E-state index is 6.24. The molecule has 1 nitrogen and oxygen atoms in total. The Labute approximate surface area is 120 Å². The van der Waals surface area contributed by atoms with Gasteiger partial charge in [0.25, 0.3) is 0 Å². The minimum absolute atomic E-state index is 0.256. The van der Waals surface area contributed by atoms with Crippen molar-refractivity contribution in [3.05, 3.63) is 33.8 Å². The van der Waals surface area contributed by atoms with Gasteiger partial charge in [-0.25, -0.2) is 0 Å². The molecule has 1 aromatic rings. The zero-order valence-corrected chi connectivity index (χ0v) is 12.6. The molecule has 3 unspecified atom stereocenters. The van der Waals surface area contributed by atoms with Crippen molar-refractivity contribution in [2.45, 2.75) is 51.6 Å². The lowest BCUT2D eigenvalue weighted by atomic mass is 9.86. The topological polar surface area (TPSA) is 12.0 Å². The molecule has 0 bridgehead atoms. The van der Waals surface area contributed by atoms with E-state index in [1.54, 1.807) is 0 Å². The third kappa shape index (κ3) is 3.63. The van der Waals surface area contributed by atoms with E-state index in [0.717, 1.165) is 21.5 Å². The van der Waals surface area contributed by atoms with Crippen molar-refractivity contribution in [1.82, 2.24) is 5.32 Å². The Hall–Kier alpha value is -0.240. The predicted molar refractivity (Wildman–Crippen MR) is 79.4 cm³/mol. The fourth-order valence-corrected chi connectivity index (χ4v) is 3.34. The van der Waals surface area contributed by atoms with E-state index in [1.807, 2.05) is 18.2 Å². The molecule has 1 aromatic carbocycles. The number of benzene rings is 1. The van der Waals surface area contributed by atoms with Crippen LogP contribution >= 0.6 is 23.2 Å². The van der Waals surface area contributed by atoms with Gasteiger partial charge in [0.2, 0.25) is 0 Å². The van der Waals surface area contributed by atoms with Crippen molar-refractivity contribution in [3.8, 4) is 0 Å². The number of nitrogens with one attached hydrogen (secondary N) is 1. The second-order valence-electron chi connectivity index (χ2n) is 5.52. The molecule has 3 atom stereocenters. The summed E-state index contributed by atoms with van der Waals surface area (Å²) in [7, 11) is 0. The highest BCUT2D eigenvalue weighted by atomic mass is 35.5. The van der Waals surface area contributed by atoms with Crippen LogP contribution in [0.5, 0.6) is 0 Å². The van der Waals surface area contributed by atoms with Crippen LogP contribution in [0.4, 0.5) is 0 Å². The number of hydrogen-bond donors (Lipinski definition) is 1. The van der Waals surface area contributed by atoms with E-state index in [2.05, 4.69) is 19.2 Å². The van der Waals surface area contributed by atoms with Gasteiger partial charge in [0.15, 0.2) is 0 Å². The third-order valence-electron chi connectivity index (χ3n) is 3.85. The molecule has 0 aromatic heterocycles. The van der Waals surface area contributed by atoms with Crippen molar-refractivity contribution < 1.29 is 0 Å². The number of halogens is 2. The van der Waals surface area contributed by atoms with Crippen molar-refractivity contribution in [1.29, 1.82) is 0 Å². The van der Waals surface area contributed by atoms with Gasteiger partial charge in [0.05, 0.1) is 0 Å². The van der Waals surface area contributed by atoms with Gasteiger partial charge in [-0.3, -0.25) is 0 Å². The molecular formula is C15H21Cl2N. The van der Waals surface area contributed by atoms with Crippen LogP contribution < -0.4 is 5.32 Å². The van der Waals surface area contributed by atoms with Gasteiger partial charge in [-0.2, -0.15) is 0 Å². The summed E-state index contributed by atoms with van der Waals surface area (Å²) < 4.78 is 0. The molecule has 1 saturated carbocycles. The molecule has 1 N–H and O–H groups in total. The van der Waals surface area contributed by atoms with Crippen LogP contribution in [0.1, 0.15) is 51.1 Å². The summed E-state index contributed by atoms with van der Waals surface area (Å²) in [6.45, 7) is 4.50. The minimum Gasteiger partial charge on any atom is -0.307 e. The largest absolute Gasteiger partial charge is 0.307 e. The van der Waals surface area contributed by atoms with E-state index in [4.69, 9.17) is 23.2 Å². The highest BCUT2D eigenvalue weighted by Gasteiger charge is 2.21. The normalized spacial score (nSPS) is 26.0. The summed E-state index contributed by atoms with van der Waals surface area (Å²) in [5, 5.41) is 5.24. The molecule has 0 spiro atoms. The highest BCUT2D eigenvalue weighted by Crippen LogP contribution is 2.29. The standard InChI is InChI=1S/C15H21Cl2N/c1-10-4-3-5-13(8-10)18-11(2)14-9-12(16)6-7-15(14)17/h6-7,9-11,13,18H,3-5,8H2,1-2H3. The van der Waals surface area contributed by atoms with Gasteiger partial charge in [0, 0.05) is 22.1 Å². The quantitative estimate of drug-likeness (QED) is 0.803. The van der Waals surface area contributed by atoms with Gasteiger partial charge in [-0.15, -0.1) is 0 Å². The van der Waals surface area contributed by atoms with E-state index >= 15 is 0 Å². The first kappa shape index (κ1) is 14.2. The molecule has 0 amide bonds. The number of hydrogen-bond acceptors (Lipinski definition) is 1. The molecule has 18 heavy (non-hydrogen) atoms. The summed E-state index contributed by atoms with van der Waals surface area (Å²) in [6, 6.07) is 6.54. The summed E-state index contributed by atoms with van der Waals surface area (Å²) in [6.07, 6.45) is 5.23. The Morgan fingerprint density at radius 2 is 2.06 bits per heavy atom. The number of rotatable bonds is 3. The van der Waals surface area contributed by atoms with E-state index in [9.17, 15) is 0 Å². The van der Waals surface area contributed by atoms with Gasteiger partial charge >= 0.3 is 0 Å². The summed E-state index contributed by atoms with van der Waals surface area (Å²) in [4.78, 5) is 0. The van der Waals surface area contributed by atoms with E-state index < -0.39 is 0 Å². The second kappa shape index (κ2) is 6.27. The van der Waals surface area contributed by atoms with Crippen LogP contribution in [0, 0.1) is 5.92 Å². The van der Waals surface area contributed by atoms with Crippen molar-refractivity contribution in [2.24, 2.45) is 5.92 Å². The molecule has 1 aliphatic rings. The molecule has 0 radical (unpaired) electrons. The third-order valence-corrected chi connectivity index (χ3v) is 4.43. The maximum Gasteiger partial charge on any atom is 0.0454 e. The maximum absolute atomic E-state index is 6.24. The van der Waals surface area contributed by atoms with Gasteiger partial charge in [-0.05, 0) is 49.4 Å². The van der Waals surface area contributed by atoms with Gasteiger partial charge < -0.3 is 5.32 Å². The summed E-state index contributed by atoms with van der Waals surface area (Å²) in [5.74, 6) is 0.832. The predicted octanol–water partition coefficient (Wildman–Crippen LogP) is 5.22. The molecule has 3 heteroatoms. The van der Waals surface area contributed by atoms with Crippen molar-refractivity contribution in [3.63, 3.8) is 0 Å². The molecule has 0 saturated heterocycles. The lowest BCUT2D eigenvalue weighted by Crippen LogP contribution is -2.35. The molecule has 1 aliphatic carbocycles. The average molecular weight is 286 g/mol. The Bertz CT molecular complexity index is 405. The molecular weight excluding hydrogens is 265 g/mol. The van der Waals surface area contributed by atoms with E-state index in [-0.39, 0.29) is 6.04 Å². The van der Waals surface area contributed by atoms with Crippen LogP contribution in [-0.2, 0) is 0 Å². The zero-order chi connectivity index (χ0) is 13.1. The summed E-state index contributed by atoms with van der Waals surface area (Å²) >= 11 is 12.3. The van der Waals surface area contributed by atoms with Crippen LogP contribution in [-0.4, -0.2) is 6.04 Å². The molecule has 1 fully saturated rings. The van der Waals surface area contributed by atoms with Gasteiger partial charge in [0.1, 0.15) is 0 Å². The lowest BCUT2D eigenvalue weighted by Gasteiger charge is -2.30. The van der Waals surface area contributed by atoms with Gasteiger partial charge in [-0.1, -0.05) is 43.0 Å². The first-order chi connectivity index (χ1) is 8.56. The Kier molecular flexibility index (Phi) is 4.94. The van der Waals surface area contributed by atoms with Crippen LogP contribution in [0.15, 0.2) is 18.2 Å². The Morgan fingerprint density at radius 3 is 2.78 bits per heavy atom. The molecule has 100 valence electrons. The SMILES string of the molecule is CC1CCCC(NC(C)c2cc(Cl)ccc2Cl)C1. The fourth-order valence-electron chi connectivity index (χ4n) is 2.88. The van der Waals surface area contributed by atoms with Crippen molar-refractivity contribution >= 4 is 23.2 Å². The fraction of sp³-hybridized carbons (Fsp3) is 0.600. The lowest BCUT2D eigenvalue weighted by molar-refractivity contribution is 0.285. The monoisotopic (exact) mass is 285 g/mol. The first-order valence-electron chi connectivity index (χ1n) is 6.77. The van der Waals surface area contributed by atoms with Crippen molar-refractivity contribution in [2.75, 3.05) is 0 Å². The smallest absolute Gasteiger partial charge is 0.0454 e. The summed E-state index contributed by atoms with van der Waals surface area (Å²) in [5.41, 5.74) is 1.10. The molecule has 0 aliphatic heterocycles. The molecule has 2 rings (SSSR count). The van der Waals surface area contributed by atoms with Crippen LogP contribution in [0.3, 0.4) is 0 Å². The molecule has 0 heterocycles. The Balaban J connectivity index is 2.02. The average Bonchev–Trinajstić information content (AvgIpc) is 2.32.